The molecule has 1 atom stereocenters. The first kappa shape index (κ1) is 5.02. The monoisotopic (exact) mass is 301 g/mol. The predicted molar refractivity (Wildman–Crippen MR) is 82.5 cm³/mol. The van der Waals surface area contributed by atoms with E-state index in [4.69, 9.17) is 19.3 Å². The van der Waals surface area contributed by atoms with Crippen LogP contribution in [0.4, 0.5) is 4.79 Å². The van der Waals surface area contributed by atoms with Crippen LogP contribution in [0.3, 0.4) is 0 Å². The van der Waals surface area contributed by atoms with Gasteiger partial charge >= 0.3 is 6.09 Å². The van der Waals surface area contributed by atoms with Crippen LogP contribution in [0.2, 0.25) is 2.82 Å². The Labute approximate surface area is 144 Å². The number of amides is 1. The number of carbonyl (C=O) groups is 1. The average Bonchev–Trinajstić information content (AvgIpc) is 3.13. The van der Waals surface area contributed by atoms with Crippen LogP contribution in [0, 0.1) is 0 Å². The Balaban J connectivity index is 2.18. The molecular formula is C16H21N3O2. The molecule has 0 saturated carbocycles. The number of cyclic esters (lactones) is 1. The Hall–Kier alpha value is -2.01. The molecule has 1 aliphatic heterocycles. The Morgan fingerprint density at radius 2 is 2.57 bits per heavy atom. The number of likely N-dealkylation sites (N-methyl/N-ethyl adjacent to an activating group) is 1. The summed E-state index contributed by atoms with van der Waals surface area (Å²) in [5.74, 6) is 0. The third-order valence-electron chi connectivity index (χ3n) is 2.82. The third-order valence-corrected chi connectivity index (χ3v) is 2.82. The van der Waals surface area contributed by atoms with Crippen LogP contribution in [0.15, 0.2) is 24.4 Å². The first-order valence-electron chi connectivity index (χ1n) is 12.9. The number of nitrogens with one attached hydrogen (secondary N) is 2. The fourth-order valence-electron chi connectivity index (χ4n) is 1.92. The number of nitrogens with zero attached hydrogens (tertiary/aromatic N) is 1. The summed E-state index contributed by atoms with van der Waals surface area (Å²) in [5.41, 5.74) is -0.927. The van der Waals surface area contributed by atoms with Crippen molar-refractivity contribution in [3.63, 3.8) is 0 Å². The molecular weight excluding hydrogens is 266 g/mol. The molecule has 1 saturated heterocycles. The predicted octanol–water partition coefficient (Wildman–Crippen LogP) is 1.92. The lowest BCUT2D eigenvalue weighted by molar-refractivity contribution is 0.177. The first-order valence-corrected chi connectivity index (χ1v) is 6.05. The molecule has 1 amide bonds. The molecule has 5 heteroatoms. The van der Waals surface area contributed by atoms with E-state index in [1.54, 1.807) is 0 Å². The highest BCUT2D eigenvalue weighted by Crippen LogP contribution is 2.21. The van der Waals surface area contributed by atoms with Gasteiger partial charge in [0.1, 0.15) is 6.61 Å². The number of benzene rings is 1. The Kier molecular flexibility index (Phi) is 1.38. The standard InChI is InChI=1S/C16H21N3O2/c1-19(2)6-5-12-9-17-15-4-3-11(8-14(12)15)7-13-10-21-16(20)18-13/h3-4,8-9,13,17H,5-7,10H2,1-2H3,(H,18,20)/t13-/m0/s1/i1D3,2D3,5D2,7D2,9D,13D/hD2. The van der Waals surface area contributed by atoms with Gasteiger partial charge < -0.3 is 19.9 Å². The van der Waals surface area contributed by atoms with Crippen molar-refractivity contribution in [3.05, 3.63) is 35.5 Å². The van der Waals surface area contributed by atoms with Gasteiger partial charge in [-0.05, 0) is 50.0 Å². The van der Waals surface area contributed by atoms with Gasteiger partial charge in [-0.2, -0.15) is 0 Å². The number of fused-ring (bicyclic) bond motifs is 1. The van der Waals surface area contributed by atoms with E-state index in [0.717, 1.165) is 12.1 Å². The fraction of sp³-hybridized carbons (Fsp3) is 0.438. The highest BCUT2D eigenvalue weighted by atomic mass is 16.6. The van der Waals surface area contributed by atoms with Crippen LogP contribution in [0.1, 0.15) is 27.6 Å². The average molecular weight is 301 g/mol. The number of aromatic nitrogens is 1. The van der Waals surface area contributed by atoms with Gasteiger partial charge in [0.15, 0.2) is 2.82 Å². The summed E-state index contributed by atoms with van der Waals surface area (Å²) < 4.78 is 116. The molecule has 0 spiro atoms. The summed E-state index contributed by atoms with van der Waals surface area (Å²) in [6, 6.07) is 0.848. The smallest absolute Gasteiger partial charge is 0.407 e. The number of carbonyl (C=O) groups excluding carboxylic acids is 1. The van der Waals surface area contributed by atoms with Crippen LogP contribution in [-0.2, 0) is 17.5 Å². The zero-order valence-electron chi connectivity index (χ0n) is 24.8. The van der Waals surface area contributed by atoms with Gasteiger partial charge in [0, 0.05) is 37.3 Å². The Morgan fingerprint density at radius 3 is 3.33 bits per heavy atom. The number of hydrogen-bond acceptors (Lipinski definition) is 3. The number of H-pyrrole nitrogens is 1. The van der Waals surface area contributed by atoms with Gasteiger partial charge in [-0.25, -0.2) is 4.79 Å². The summed E-state index contributed by atoms with van der Waals surface area (Å²) in [6.07, 6.45) is -7.50. The van der Waals surface area contributed by atoms with E-state index in [-0.39, 0.29) is 26.7 Å². The molecule has 21 heavy (non-hydrogen) atoms. The van der Waals surface area contributed by atoms with Gasteiger partial charge in [0.25, 0.3) is 0 Å². The normalized spacial score (nSPS) is 34.5. The van der Waals surface area contributed by atoms with Crippen LogP contribution in [-0.4, -0.2) is 49.1 Å². The van der Waals surface area contributed by atoms with Crippen molar-refractivity contribution in [2.75, 3.05) is 27.1 Å². The largest absolute Gasteiger partial charge is 0.447 e. The van der Waals surface area contributed by atoms with E-state index < -0.39 is 63.7 Å². The summed E-state index contributed by atoms with van der Waals surface area (Å²) in [4.78, 5) is 12.1. The van der Waals surface area contributed by atoms with E-state index in [1.807, 2.05) is 0 Å². The topological polar surface area (TPSA) is 57.4 Å². The Bertz CT molecular complexity index is 1140. The summed E-state index contributed by atoms with van der Waals surface area (Å²) in [5, 5.41) is -0.161. The van der Waals surface area contributed by atoms with E-state index in [0.29, 0.717) is 4.98 Å². The van der Waals surface area contributed by atoms with Crippen molar-refractivity contribution in [2.45, 2.75) is 18.8 Å². The molecule has 2 aromatic rings. The molecule has 3 rings (SSSR count). The highest BCUT2D eigenvalue weighted by Gasteiger charge is 2.22. The maximum absolute atomic E-state index is 11.6. The maximum Gasteiger partial charge on any atom is 0.407 e. The molecule has 0 unspecified atom stereocenters. The molecule has 1 aromatic heterocycles. The molecule has 1 aromatic carbocycles. The van der Waals surface area contributed by atoms with Crippen LogP contribution in [0.25, 0.3) is 10.9 Å². The van der Waals surface area contributed by atoms with Gasteiger partial charge in [0.05, 0.1) is 8.76 Å². The SMILES string of the molecule is [2H]c1c(C([2H])([2H])CN(C([2H])([2H])[2H])C([2H])([2H])[2H])c2cc(C([2H])([2H])[C@@]3([2H])COC(=O)N3[2H])ccc2n1[2H]. The second kappa shape index (κ2) is 5.77. The molecule has 2 heterocycles. The molecule has 0 aliphatic carbocycles. The maximum atomic E-state index is 11.6. The lowest BCUT2D eigenvalue weighted by Gasteiger charge is -2.09. The number of rotatable bonds is 5. The number of hydrogen-bond donors (Lipinski definition) is 2. The van der Waals surface area contributed by atoms with Gasteiger partial charge in [0.2, 0.25) is 0 Å². The highest BCUT2D eigenvalue weighted by molar-refractivity contribution is 5.84. The minimum Gasteiger partial charge on any atom is -0.447 e. The molecule has 0 bridgehead atoms. The molecule has 112 valence electrons. The summed E-state index contributed by atoms with van der Waals surface area (Å²) in [6.45, 7) is -8.41. The molecule has 1 aliphatic rings. The van der Waals surface area contributed by atoms with Crippen molar-refractivity contribution < 1.29 is 28.8 Å². The third kappa shape index (κ3) is 3.19. The molecule has 1 fully saturated rings. The van der Waals surface area contributed by atoms with Crippen molar-refractivity contribution >= 4 is 17.0 Å². The number of ether oxygens (including phenoxy) is 1. The van der Waals surface area contributed by atoms with Gasteiger partial charge in [-0.3, -0.25) is 0 Å². The van der Waals surface area contributed by atoms with Crippen molar-refractivity contribution in [1.82, 2.24) is 15.2 Å². The molecule has 0 radical (unpaired) electrons. The minimum absolute atomic E-state index is 0.0199. The number of aromatic amines is 1. The van der Waals surface area contributed by atoms with E-state index in [1.165, 1.54) is 6.07 Å². The Morgan fingerprint density at radius 1 is 1.67 bits per heavy atom. The molecule has 2 N–H and O–H groups in total. The van der Waals surface area contributed by atoms with Crippen molar-refractivity contribution in [1.29, 1.82) is 0 Å². The second-order valence-electron chi connectivity index (χ2n) is 4.33. The lowest BCUT2D eigenvalue weighted by atomic mass is 10.0. The summed E-state index contributed by atoms with van der Waals surface area (Å²) >= 11 is 0. The van der Waals surface area contributed by atoms with Crippen molar-refractivity contribution in [2.24, 2.45) is 0 Å². The lowest BCUT2D eigenvalue weighted by Crippen LogP contribution is -2.28. The van der Waals surface area contributed by atoms with Gasteiger partial charge in [-0.1, -0.05) is 6.07 Å². The van der Waals surface area contributed by atoms with Gasteiger partial charge in [-0.15, -0.1) is 0 Å². The molecule has 5 nitrogen and oxygen atoms in total. The zero-order chi connectivity index (χ0) is 26.9. The van der Waals surface area contributed by atoms with Crippen LogP contribution >= 0.6 is 0 Å². The van der Waals surface area contributed by atoms with E-state index in [2.05, 4.69) is 4.74 Å². The second-order valence-corrected chi connectivity index (χ2v) is 4.33. The zero-order valence-corrected chi connectivity index (χ0v) is 10.8. The summed E-state index contributed by atoms with van der Waals surface area (Å²) in [7, 11) is 0. The van der Waals surface area contributed by atoms with Crippen molar-refractivity contribution in [3.8, 4) is 0 Å². The number of alkyl carbamates (subject to hydrolysis) is 1. The quantitative estimate of drug-likeness (QED) is 0.887. The van der Waals surface area contributed by atoms with E-state index >= 15 is 0 Å². The van der Waals surface area contributed by atoms with Crippen LogP contribution < -0.4 is 5.31 Å². The minimum atomic E-state index is -3.22. The van der Waals surface area contributed by atoms with E-state index in [9.17, 15) is 4.79 Å². The first-order chi connectivity index (χ1) is 15.7. The fourth-order valence-corrected chi connectivity index (χ4v) is 1.92. The van der Waals surface area contributed by atoms with Crippen LogP contribution in [0.5, 0.6) is 0 Å².